The Morgan fingerprint density at radius 1 is 1.14 bits per heavy atom. The van der Waals surface area contributed by atoms with E-state index in [9.17, 15) is 10.1 Å². The molecule has 2 unspecified atom stereocenters. The Morgan fingerprint density at radius 3 is 2.77 bits per heavy atom. The van der Waals surface area contributed by atoms with Gasteiger partial charge in [0.25, 0.3) is 0 Å². The molecule has 9 nitrogen and oxygen atoms in total. The average Bonchev–Trinajstić information content (AvgIpc) is 3.37. The molecule has 226 valence electrons. The molecule has 0 bridgehead atoms. The van der Waals surface area contributed by atoms with Crippen LogP contribution in [0.15, 0.2) is 64.2 Å². The first-order valence-corrected chi connectivity index (χ1v) is 15.8. The first-order valence-electron chi connectivity index (χ1n) is 15.1. The molecule has 0 aliphatic carbocycles. The van der Waals surface area contributed by atoms with Gasteiger partial charge in [-0.3, -0.25) is 9.83 Å². The third kappa shape index (κ3) is 4.50. The van der Waals surface area contributed by atoms with Crippen molar-refractivity contribution in [2.75, 3.05) is 31.1 Å². The lowest BCUT2D eigenvalue weighted by Crippen LogP contribution is -2.47. The largest absolute Gasteiger partial charge is 0.691 e. The van der Waals surface area contributed by atoms with Crippen LogP contribution < -0.4 is 21.2 Å². The van der Waals surface area contributed by atoms with E-state index >= 15 is 0 Å². The summed E-state index contributed by atoms with van der Waals surface area (Å²) in [7, 11) is 0. The minimum Gasteiger partial charge on any atom is -0.691 e. The summed E-state index contributed by atoms with van der Waals surface area (Å²) in [5, 5.41) is 16.9. The van der Waals surface area contributed by atoms with Gasteiger partial charge in [0.15, 0.2) is 12.3 Å². The lowest BCUT2D eigenvalue weighted by atomic mass is 9.74. The third-order valence-electron chi connectivity index (χ3n) is 9.78. The topological polar surface area (TPSA) is 112 Å². The number of ether oxygens (including phenoxy) is 1. The van der Waals surface area contributed by atoms with E-state index in [0.717, 1.165) is 48.4 Å². The number of carbonyl (C=O) groups is 1. The van der Waals surface area contributed by atoms with Gasteiger partial charge in [0.1, 0.15) is 0 Å². The smallest absolute Gasteiger partial charge is 0.224 e. The van der Waals surface area contributed by atoms with Gasteiger partial charge in [0.05, 0.1) is 36.1 Å². The van der Waals surface area contributed by atoms with Crippen molar-refractivity contribution in [3.8, 4) is 0 Å². The maximum absolute atomic E-state index is 12.5. The number of benzene rings is 2. The van der Waals surface area contributed by atoms with Crippen molar-refractivity contribution in [1.82, 2.24) is 5.32 Å². The van der Waals surface area contributed by atoms with Gasteiger partial charge < -0.3 is 25.9 Å². The fourth-order valence-corrected chi connectivity index (χ4v) is 8.39. The highest BCUT2D eigenvalue weighted by Gasteiger charge is 2.54. The van der Waals surface area contributed by atoms with E-state index in [4.69, 9.17) is 10.5 Å². The fraction of sp³-hybridized carbons (Fsp3) is 0.455. The lowest BCUT2D eigenvalue weighted by Gasteiger charge is -2.42. The summed E-state index contributed by atoms with van der Waals surface area (Å²) in [6.07, 6.45) is 4.75. The van der Waals surface area contributed by atoms with E-state index in [1.807, 2.05) is 6.07 Å². The average molecular weight is 603 g/mol. The fourth-order valence-electron chi connectivity index (χ4n) is 7.99. The second-order valence-corrected chi connectivity index (χ2v) is 13.8. The molecule has 0 radical (unpaired) electrons. The number of hydrogen-bond acceptors (Lipinski definition) is 8. The van der Waals surface area contributed by atoms with Crippen LogP contribution in [0.4, 0.5) is 11.4 Å². The van der Waals surface area contributed by atoms with Crippen LogP contribution in [0, 0.1) is 0 Å². The molecule has 3 N–H and O–H groups in total. The van der Waals surface area contributed by atoms with Crippen LogP contribution in [-0.2, 0) is 36.2 Å². The molecule has 7 rings (SSSR count). The van der Waals surface area contributed by atoms with E-state index in [-0.39, 0.29) is 28.9 Å². The Bertz CT molecular complexity index is 1610. The molecule has 5 heterocycles. The van der Waals surface area contributed by atoms with Crippen molar-refractivity contribution < 1.29 is 28.7 Å². The zero-order valence-electron chi connectivity index (χ0n) is 25.1. The first-order chi connectivity index (χ1) is 20.6. The summed E-state index contributed by atoms with van der Waals surface area (Å²) in [4.78, 5) is 15.7. The molecule has 0 saturated heterocycles. The molecule has 5 aliphatic heterocycles. The monoisotopic (exact) mass is 602 g/mol. The number of rotatable bonds is 7. The summed E-state index contributed by atoms with van der Waals surface area (Å²) in [6.45, 7) is 11.8. The van der Waals surface area contributed by atoms with Gasteiger partial charge >= 0.3 is 0 Å². The molecule has 1 amide bonds. The van der Waals surface area contributed by atoms with Crippen LogP contribution in [0.2, 0.25) is 0 Å². The van der Waals surface area contributed by atoms with Crippen molar-refractivity contribution in [3.05, 3.63) is 76.0 Å². The highest BCUT2D eigenvalue weighted by molar-refractivity contribution is 7.94. The normalized spacial score (nSPS) is 24.0. The molecule has 0 fully saturated rings. The third-order valence-corrected chi connectivity index (χ3v) is 10.4. The molecule has 2 aromatic rings. The van der Waals surface area contributed by atoms with Gasteiger partial charge in [-0.1, -0.05) is 26.0 Å². The Labute approximate surface area is 256 Å². The molecule has 5 aliphatic rings. The highest BCUT2D eigenvalue weighted by atomic mass is 32.2. The van der Waals surface area contributed by atoms with E-state index in [1.165, 1.54) is 45.1 Å². The minimum absolute atomic E-state index is 0.00601. The summed E-state index contributed by atoms with van der Waals surface area (Å²) in [5.74, 6) is -0.00601. The number of nitrogens with two attached hydrogens (primary N) is 1. The molecular formula is C33H38N4O5S. The first kappa shape index (κ1) is 28.8. The van der Waals surface area contributed by atoms with Gasteiger partial charge in [-0.05, 0) is 55.7 Å². The molecule has 2 aromatic carbocycles. The van der Waals surface area contributed by atoms with Gasteiger partial charge in [0.2, 0.25) is 11.6 Å². The van der Waals surface area contributed by atoms with Crippen molar-refractivity contribution in [2.24, 2.45) is 5.73 Å². The zero-order chi connectivity index (χ0) is 30.1. The Morgan fingerprint density at radius 2 is 1.98 bits per heavy atom. The number of anilines is 1. The Kier molecular flexibility index (Phi) is 7.07. The number of nitrogens with one attached hydrogen (secondary N) is 1. The van der Waals surface area contributed by atoms with Gasteiger partial charge in [-0.25, -0.2) is 0 Å². The van der Waals surface area contributed by atoms with E-state index in [1.54, 1.807) is 0 Å². The van der Waals surface area contributed by atoms with Crippen LogP contribution in [0.3, 0.4) is 0 Å². The van der Waals surface area contributed by atoms with Crippen LogP contribution in [0.25, 0.3) is 0 Å². The van der Waals surface area contributed by atoms with Crippen LogP contribution in [-0.4, -0.2) is 54.6 Å². The second kappa shape index (κ2) is 10.6. The summed E-state index contributed by atoms with van der Waals surface area (Å²) in [6, 6.07) is 12.7. The predicted molar refractivity (Wildman–Crippen MR) is 163 cm³/mol. The maximum Gasteiger partial charge on any atom is 0.224 e. The number of nitrogens with zero attached hydrogens (tertiary/aromatic N) is 2. The Balaban J connectivity index is 1.29. The van der Waals surface area contributed by atoms with Crippen molar-refractivity contribution >= 4 is 35.0 Å². The van der Waals surface area contributed by atoms with E-state index in [0.29, 0.717) is 19.5 Å². The molecule has 2 atom stereocenters. The zero-order valence-corrected chi connectivity index (χ0v) is 25.9. The Hall–Kier alpha value is -2.99. The van der Waals surface area contributed by atoms with Crippen LogP contribution in [0.1, 0.15) is 57.2 Å². The highest BCUT2D eigenvalue weighted by Crippen LogP contribution is 2.54. The molecule has 0 saturated carbocycles. The molecule has 43 heavy (non-hydrogen) atoms. The molecule has 10 heteroatoms. The summed E-state index contributed by atoms with van der Waals surface area (Å²) < 4.78 is 14.0. The number of fused-ring (bicyclic) bond motifs is 8. The molecule has 0 aromatic heterocycles. The number of hydrogen-bond donors (Lipinski definition) is 2. The number of amides is 1. The summed E-state index contributed by atoms with van der Waals surface area (Å²) >= 11 is 0.928. The van der Waals surface area contributed by atoms with Crippen LogP contribution >= 0.6 is 12.0 Å². The predicted octanol–water partition coefficient (Wildman–Crippen LogP) is 3.46. The van der Waals surface area contributed by atoms with Gasteiger partial charge in [-0.2, -0.15) is 8.91 Å². The number of carbonyl (C=O) groups excluding carboxylic acids is 1. The number of allylic oxidation sites excluding steroid dienone is 1. The van der Waals surface area contributed by atoms with Crippen LogP contribution in [0.5, 0.6) is 0 Å². The molecular weight excluding hydrogens is 564 g/mol. The maximum atomic E-state index is 12.5. The van der Waals surface area contributed by atoms with E-state index < -0.39 is 0 Å². The van der Waals surface area contributed by atoms with Gasteiger partial charge in [-0.15, -0.1) is 0 Å². The van der Waals surface area contributed by atoms with Gasteiger partial charge in [0, 0.05) is 70.5 Å². The molecule has 0 spiro atoms. The SMILES string of the molecule is CC1(C)C2=C3C=C4C5=[N+](CCC4OC3CCN2c2ccc(CC(=O)NCCN)cc21)c1ccc(SOO[O-])cc1C5(C)C. The summed E-state index contributed by atoms with van der Waals surface area (Å²) in [5.41, 5.74) is 16.0. The lowest BCUT2D eigenvalue weighted by molar-refractivity contribution is -0.777. The second-order valence-electron chi connectivity index (χ2n) is 13.1. The van der Waals surface area contributed by atoms with Crippen molar-refractivity contribution in [2.45, 2.75) is 74.9 Å². The van der Waals surface area contributed by atoms with Crippen molar-refractivity contribution in [3.63, 3.8) is 0 Å². The van der Waals surface area contributed by atoms with E-state index in [2.05, 4.69) is 88.3 Å². The van der Waals surface area contributed by atoms with Crippen molar-refractivity contribution in [1.29, 1.82) is 0 Å². The quantitative estimate of drug-likeness (QED) is 0.215. The standard InChI is InChI=1S/C33H38N4O5S/c1-32(2)23-15-19(16-29(38)35-12-11-34)5-7-25(23)36-13-9-27-21(30(32)36)18-22-28(40-27)10-14-37-26-8-6-20(43-42-41-39)17-24(26)33(3,4)31(22)37/h5-8,15,17-18,27-28H,9-14,16,34H2,1-4H3,(H-,35,38,39). The minimum atomic E-state index is -0.266.